The Hall–Kier alpha value is -0.810. The predicted octanol–water partition coefficient (Wildman–Crippen LogP) is 3.92. The van der Waals surface area contributed by atoms with Crippen LogP contribution in [0, 0.1) is 5.82 Å². The third kappa shape index (κ3) is 2.65. The highest BCUT2D eigenvalue weighted by atomic mass is 35.5. The molecule has 0 aliphatic rings. The summed E-state index contributed by atoms with van der Waals surface area (Å²) in [5.74, 6) is -2.73. The quantitative estimate of drug-likeness (QED) is 0.454. The van der Waals surface area contributed by atoms with E-state index in [-0.39, 0.29) is 0 Å². The van der Waals surface area contributed by atoms with E-state index in [1.807, 2.05) is 0 Å². The summed E-state index contributed by atoms with van der Waals surface area (Å²) in [6.07, 6.45) is -4.83. The van der Waals surface area contributed by atoms with Gasteiger partial charge < -0.3 is 0 Å². The zero-order valence-corrected chi connectivity index (χ0v) is 9.05. The molecule has 0 bridgehead atoms. The van der Waals surface area contributed by atoms with E-state index in [9.17, 15) is 22.4 Å². The Kier molecular flexibility index (Phi) is 3.80. The van der Waals surface area contributed by atoms with Crippen LogP contribution in [0.3, 0.4) is 0 Å². The molecular weight excluding hydrogens is 271 g/mol. The van der Waals surface area contributed by atoms with E-state index in [2.05, 4.69) is 0 Å². The maximum atomic E-state index is 12.8. The van der Waals surface area contributed by atoms with Gasteiger partial charge in [-0.05, 0) is 12.1 Å². The van der Waals surface area contributed by atoms with Crippen LogP contribution in [-0.4, -0.2) is 11.7 Å². The lowest BCUT2D eigenvalue weighted by atomic mass is 10.0. The Labute approximate surface area is 98.0 Å². The van der Waals surface area contributed by atoms with Crippen LogP contribution in [-0.2, 0) is 6.18 Å². The SMILES string of the molecule is O=C(CCl)c1cc(F)cc(Cl)c1C(F)(F)F. The number of hydrogen-bond acceptors (Lipinski definition) is 1. The van der Waals surface area contributed by atoms with Crippen LogP contribution in [0.5, 0.6) is 0 Å². The first-order chi connectivity index (χ1) is 7.27. The fraction of sp³-hybridized carbons (Fsp3) is 0.222. The van der Waals surface area contributed by atoms with Crippen molar-refractivity contribution in [2.75, 3.05) is 5.88 Å². The smallest absolute Gasteiger partial charge is 0.293 e. The number of benzene rings is 1. The molecule has 0 atom stereocenters. The van der Waals surface area contributed by atoms with E-state index < -0.39 is 39.8 Å². The van der Waals surface area contributed by atoms with Gasteiger partial charge in [-0.25, -0.2) is 4.39 Å². The molecule has 7 heteroatoms. The van der Waals surface area contributed by atoms with Gasteiger partial charge in [-0.2, -0.15) is 13.2 Å². The zero-order valence-electron chi connectivity index (χ0n) is 7.54. The number of Topliss-reactive ketones (excluding diaryl/α,β-unsaturated/α-hetero) is 1. The fourth-order valence-corrected chi connectivity index (χ4v) is 1.61. The minimum absolute atomic E-state index is 0.472. The Morgan fingerprint density at radius 3 is 2.31 bits per heavy atom. The van der Waals surface area contributed by atoms with Gasteiger partial charge in [0, 0.05) is 5.56 Å². The fourth-order valence-electron chi connectivity index (χ4n) is 1.15. The van der Waals surface area contributed by atoms with Crippen molar-refractivity contribution in [3.8, 4) is 0 Å². The second-order valence-corrected chi connectivity index (χ2v) is 3.54. The van der Waals surface area contributed by atoms with Gasteiger partial charge in [-0.1, -0.05) is 11.6 Å². The number of alkyl halides is 4. The zero-order chi connectivity index (χ0) is 12.5. The minimum Gasteiger partial charge on any atom is -0.293 e. The second kappa shape index (κ2) is 4.59. The van der Waals surface area contributed by atoms with Crippen molar-refractivity contribution in [1.82, 2.24) is 0 Å². The Balaban J connectivity index is 3.51. The summed E-state index contributed by atoms with van der Waals surface area (Å²) in [4.78, 5) is 11.1. The molecule has 0 spiro atoms. The van der Waals surface area contributed by atoms with Crippen molar-refractivity contribution in [3.63, 3.8) is 0 Å². The highest BCUT2D eigenvalue weighted by Gasteiger charge is 2.37. The van der Waals surface area contributed by atoms with E-state index >= 15 is 0 Å². The lowest BCUT2D eigenvalue weighted by Crippen LogP contribution is -2.15. The Bertz CT molecular complexity index is 428. The Morgan fingerprint density at radius 1 is 1.31 bits per heavy atom. The van der Waals surface area contributed by atoms with Crippen LogP contribution >= 0.6 is 23.2 Å². The molecule has 88 valence electrons. The molecule has 1 rings (SSSR count). The largest absolute Gasteiger partial charge is 0.418 e. The van der Waals surface area contributed by atoms with Gasteiger partial charge in [0.2, 0.25) is 0 Å². The molecular formula is C9H4Cl2F4O. The third-order valence-corrected chi connectivity index (χ3v) is 2.30. The summed E-state index contributed by atoms with van der Waals surface area (Å²) in [7, 11) is 0. The summed E-state index contributed by atoms with van der Waals surface area (Å²) in [5.41, 5.74) is -2.21. The molecule has 0 aliphatic heterocycles. The topological polar surface area (TPSA) is 17.1 Å². The summed E-state index contributed by atoms with van der Waals surface area (Å²) >= 11 is 10.4. The van der Waals surface area contributed by atoms with E-state index in [1.54, 1.807) is 0 Å². The van der Waals surface area contributed by atoms with Crippen molar-refractivity contribution in [2.45, 2.75) is 6.18 Å². The van der Waals surface area contributed by atoms with Gasteiger partial charge in [0.1, 0.15) is 5.82 Å². The van der Waals surface area contributed by atoms with Gasteiger partial charge in [0.25, 0.3) is 0 Å². The average molecular weight is 275 g/mol. The summed E-state index contributed by atoms with van der Waals surface area (Å²) < 4.78 is 50.5. The van der Waals surface area contributed by atoms with Crippen LogP contribution in [0.15, 0.2) is 12.1 Å². The van der Waals surface area contributed by atoms with Gasteiger partial charge >= 0.3 is 6.18 Å². The lowest BCUT2D eigenvalue weighted by Gasteiger charge is -2.13. The first kappa shape index (κ1) is 13.3. The molecule has 0 radical (unpaired) electrons. The highest BCUT2D eigenvalue weighted by Crippen LogP contribution is 2.38. The van der Waals surface area contributed by atoms with Crippen LogP contribution in [0.25, 0.3) is 0 Å². The summed E-state index contributed by atoms with van der Waals surface area (Å²) in [6, 6.07) is 0.967. The summed E-state index contributed by atoms with van der Waals surface area (Å²) in [6.45, 7) is 0. The number of carbonyl (C=O) groups is 1. The van der Waals surface area contributed by atoms with Crippen LogP contribution in [0.4, 0.5) is 17.6 Å². The highest BCUT2D eigenvalue weighted by molar-refractivity contribution is 6.33. The van der Waals surface area contributed by atoms with Crippen molar-refractivity contribution in [1.29, 1.82) is 0 Å². The molecule has 0 aromatic heterocycles. The molecule has 1 aromatic rings. The van der Waals surface area contributed by atoms with Gasteiger partial charge in [-0.3, -0.25) is 4.79 Å². The van der Waals surface area contributed by atoms with E-state index in [1.165, 1.54) is 0 Å². The first-order valence-corrected chi connectivity index (χ1v) is 4.84. The third-order valence-electron chi connectivity index (χ3n) is 1.76. The first-order valence-electron chi connectivity index (χ1n) is 3.92. The number of ketones is 1. The monoisotopic (exact) mass is 274 g/mol. The molecule has 16 heavy (non-hydrogen) atoms. The average Bonchev–Trinajstić information content (AvgIpc) is 2.12. The van der Waals surface area contributed by atoms with Crippen molar-refractivity contribution in [2.24, 2.45) is 0 Å². The number of carbonyl (C=O) groups excluding carboxylic acids is 1. The Morgan fingerprint density at radius 2 is 1.88 bits per heavy atom. The molecule has 0 saturated carbocycles. The molecule has 0 N–H and O–H groups in total. The van der Waals surface area contributed by atoms with E-state index in [0.717, 1.165) is 0 Å². The lowest BCUT2D eigenvalue weighted by molar-refractivity contribution is -0.137. The molecule has 1 nitrogen and oxygen atoms in total. The number of halogens is 6. The van der Waals surface area contributed by atoms with E-state index in [4.69, 9.17) is 23.2 Å². The molecule has 0 fully saturated rings. The minimum atomic E-state index is -4.83. The predicted molar refractivity (Wildman–Crippen MR) is 51.5 cm³/mol. The number of rotatable bonds is 2. The van der Waals surface area contributed by atoms with Crippen LogP contribution in [0.2, 0.25) is 5.02 Å². The standard InChI is InChI=1S/C9H4Cl2F4O/c10-3-7(16)5-1-4(12)2-6(11)8(5)9(13,14)15/h1-2H,3H2. The van der Waals surface area contributed by atoms with Gasteiger partial charge in [-0.15, -0.1) is 11.6 Å². The summed E-state index contributed by atoms with van der Waals surface area (Å²) in [5, 5.41) is -0.860. The van der Waals surface area contributed by atoms with Gasteiger partial charge in [0.05, 0.1) is 16.5 Å². The molecule has 1 aromatic carbocycles. The molecule has 0 saturated heterocycles. The van der Waals surface area contributed by atoms with E-state index in [0.29, 0.717) is 12.1 Å². The van der Waals surface area contributed by atoms with Crippen molar-refractivity contribution < 1.29 is 22.4 Å². The number of hydrogen-bond donors (Lipinski definition) is 0. The van der Waals surface area contributed by atoms with Crippen molar-refractivity contribution in [3.05, 3.63) is 34.1 Å². The molecule has 0 aliphatic carbocycles. The van der Waals surface area contributed by atoms with Crippen LogP contribution in [0.1, 0.15) is 15.9 Å². The molecule has 0 amide bonds. The second-order valence-electron chi connectivity index (χ2n) is 2.86. The van der Waals surface area contributed by atoms with Crippen LogP contribution < -0.4 is 0 Å². The molecule has 0 heterocycles. The normalized spacial score (nSPS) is 11.6. The molecule has 0 unspecified atom stereocenters. The van der Waals surface area contributed by atoms with Crippen molar-refractivity contribution >= 4 is 29.0 Å². The maximum Gasteiger partial charge on any atom is 0.418 e. The maximum absolute atomic E-state index is 12.8. The van der Waals surface area contributed by atoms with Gasteiger partial charge in [0.15, 0.2) is 5.78 Å².